The van der Waals surface area contributed by atoms with Crippen LogP contribution in [0.5, 0.6) is 5.75 Å². The summed E-state index contributed by atoms with van der Waals surface area (Å²) >= 11 is 0. The van der Waals surface area contributed by atoms with Gasteiger partial charge < -0.3 is 4.74 Å². The van der Waals surface area contributed by atoms with E-state index in [-0.39, 0.29) is 11.8 Å². The highest BCUT2D eigenvalue weighted by atomic mass is 32.2. The number of aryl methyl sites for hydroxylation is 2. The van der Waals surface area contributed by atoms with Crippen LogP contribution >= 0.6 is 0 Å². The quantitative estimate of drug-likeness (QED) is 0.923. The second-order valence-electron chi connectivity index (χ2n) is 6.11. The minimum atomic E-state index is -3.56. The van der Waals surface area contributed by atoms with E-state index < -0.39 is 15.8 Å². The Balaban J connectivity index is 1.65. The van der Waals surface area contributed by atoms with Gasteiger partial charge in [0.25, 0.3) is 0 Å². The number of sulfonamides is 1. The summed E-state index contributed by atoms with van der Waals surface area (Å²) in [6.07, 6.45) is 1.42. The number of benzene rings is 2. The zero-order valence-corrected chi connectivity index (χ0v) is 14.3. The third-order valence-electron chi connectivity index (χ3n) is 4.11. The molecule has 0 spiro atoms. The first-order valence-corrected chi connectivity index (χ1v) is 9.54. The smallest absolute Gasteiger partial charge is 0.216 e. The molecule has 0 fully saturated rings. The second-order valence-corrected chi connectivity index (χ2v) is 7.87. The molecule has 0 aromatic heterocycles. The fourth-order valence-corrected chi connectivity index (χ4v) is 4.18. The molecule has 1 aliphatic heterocycles. The molecule has 1 aliphatic rings. The van der Waals surface area contributed by atoms with Gasteiger partial charge in [-0.15, -0.1) is 0 Å². The average Bonchev–Trinajstić information content (AvgIpc) is 2.73. The Kier molecular flexibility index (Phi) is 4.87. The van der Waals surface area contributed by atoms with Crippen LogP contribution in [-0.4, -0.2) is 21.1 Å². The molecule has 1 unspecified atom stereocenters. The van der Waals surface area contributed by atoms with Crippen molar-refractivity contribution < 1.29 is 17.5 Å². The molecule has 2 aromatic rings. The summed E-state index contributed by atoms with van der Waals surface area (Å²) in [7, 11) is -3.56. The lowest BCUT2D eigenvalue weighted by atomic mass is 10.1. The Hall–Kier alpha value is -1.92. The van der Waals surface area contributed by atoms with Gasteiger partial charge in [-0.25, -0.2) is 17.5 Å². The maximum absolute atomic E-state index is 13.6. The van der Waals surface area contributed by atoms with Gasteiger partial charge in [0, 0.05) is 0 Å². The van der Waals surface area contributed by atoms with Crippen molar-refractivity contribution in [1.29, 1.82) is 0 Å². The van der Waals surface area contributed by atoms with Crippen LogP contribution in [0.3, 0.4) is 0 Å². The van der Waals surface area contributed by atoms with Crippen molar-refractivity contribution in [2.45, 2.75) is 31.6 Å². The van der Waals surface area contributed by atoms with Gasteiger partial charge >= 0.3 is 0 Å². The lowest BCUT2D eigenvalue weighted by Gasteiger charge is -2.16. The van der Waals surface area contributed by atoms with Gasteiger partial charge in [0.15, 0.2) is 0 Å². The van der Waals surface area contributed by atoms with E-state index in [1.807, 2.05) is 24.3 Å². The Morgan fingerprint density at radius 2 is 2.04 bits per heavy atom. The van der Waals surface area contributed by atoms with Crippen LogP contribution in [0, 0.1) is 12.7 Å². The zero-order chi connectivity index (χ0) is 17.2. The van der Waals surface area contributed by atoms with Gasteiger partial charge in [-0.1, -0.05) is 30.3 Å². The van der Waals surface area contributed by atoms with Crippen LogP contribution in [0.4, 0.5) is 4.39 Å². The predicted molar refractivity (Wildman–Crippen MR) is 90.9 cm³/mol. The fourth-order valence-electron chi connectivity index (χ4n) is 2.79. The molecule has 24 heavy (non-hydrogen) atoms. The fraction of sp³-hybridized carbons (Fsp3) is 0.333. The van der Waals surface area contributed by atoms with Crippen molar-refractivity contribution in [3.63, 3.8) is 0 Å². The molecule has 1 atom stereocenters. The summed E-state index contributed by atoms with van der Waals surface area (Å²) in [5.74, 6) is 0.170. The minimum Gasteiger partial charge on any atom is -0.492 e. The number of para-hydroxylation sites is 1. The molecule has 0 saturated carbocycles. The molecule has 0 amide bonds. The lowest BCUT2D eigenvalue weighted by Crippen LogP contribution is -2.39. The highest BCUT2D eigenvalue weighted by molar-refractivity contribution is 7.88. The number of hydrogen-bond donors (Lipinski definition) is 1. The highest BCUT2D eigenvalue weighted by Crippen LogP contribution is 2.24. The Bertz CT molecular complexity index is 809. The van der Waals surface area contributed by atoms with Crippen molar-refractivity contribution in [3.05, 3.63) is 65.0 Å². The maximum atomic E-state index is 13.6. The van der Waals surface area contributed by atoms with Crippen LogP contribution in [0.1, 0.15) is 23.1 Å². The third kappa shape index (κ3) is 4.13. The first kappa shape index (κ1) is 16.9. The first-order valence-electron chi connectivity index (χ1n) is 7.89. The molecule has 0 aliphatic carbocycles. The van der Waals surface area contributed by atoms with Crippen molar-refractivity contribution in [3.8, 4) is 5.75 Å². The Morgan fingerprint density at radius 1 is 1.25 bits per heavy atom. The van der Waals surface area contributed by atoms with Crippen LogP contribution in [0.25, 0.3) is 0 Å². The molecule has 1 heterocycles. The molecule has 6 heteroatoms. The summed E-state index contributed by atoms with van der Waals surface area (Å²) < 4.78 is 46.7. The van der Waals surface area contributed by atoms with Gasteiger partial charge in [-0.3, -0.25) is 0 Å². The van der Waals surface area contributed by atoms with E-state index in [1.54, 1.807) is 19.1 Å². The number of rotatable bonds is 4. The maximum Gasteiger partial charge on any atom is 0.216 e. The zero-order valence-electron chi connectivity index (χ0n) is 13.5. The summed E-state index contributed by atoms with van der Waals surface area (Å²) in [5.41, 5.74) is 2.02. The molecule has 0 bridgehead atoms. The molecule has 3 rings (SSSR count). The van der Waals surface area contributed by atoms with E-state index in [9.17, 15) is 12.8 Å². The van der Waals surface area contributed by atoms with E-state index in [0.717, 1.165) is 17.7 Å². The monoisotopic (exact) mass is 349 g/mol. The minimum absolute atomic E-state index is 0.242. The number of ether oxygens (including phenoxy) is 1. The molecular weight excluding hydrogens is 329 g/mol. The molecule has 128 valence electrons. The number of hydrogen-bond acceptors (Lipinski definition) is 3. The van der Waals surface area contributed by atoms with E-state index in [0.29, 0.717) is 24.2 Å². The Labute approximate surface area is 141 Å². The largest absolute Gasteiger partial charge is 0.492 e. The molecule has 0 saturated heterocycles. The van der Waals surface area contributed by atoms with Gasteiger partial charge in [0.1, 0.15) is 18.2 Å². The van der Waals surface area contributed by atoms with Crippen molar-refractivity contribution >= 4 is 10.0 Å². The summed E-state index contributed by atoms with van der Waals surface area (Å²) in [6.45, 7) is 1.94. The molecular formula is C18H20FNO3S. The first-order chi connectivity index (χ1) is 11.4. The SMILES string of the molecule is Cc1ccc(CS(=O)(=O)NC2CCc3ccccc3OC2)cc1F. The van der Waals surface area contributed by atoms with E-state index in [1.165, 1.54) is 6.07 Å². The normalized spacial score (nSPS) is 17.7. The van der Waals surface area contributed by atoms with E-state index in [4.69, 9.17) is 4.74 Å². The number of fused-ring (bicyclic) bond motifs is 1. The summed E-state index contributed by atoms with van der Waals surface area (Å²) in [4.78, 5) is 0. The average molecular weight is 349 g/mol. The predicted octanol–water partition coefficient (Wildman–Crippen LogP) is 2.95. The second kappa shape index (κ2) is 6.91. The highest BCUT2D eigenvalue weighted by Gasteiger charge is 2.22. The molecule has 0 radical (unpaired) electrons. The van der Waals surface area contributed by atoms with E-state index in [2.05, 4.69) is 4.72 Å². The number of halogens is 1. The van der Waals surface area contributed by atoms with Crippen LogP contribution in [0.2, 0.25) is 0 Å². The van der Waals surface area contributed by atoms with Crippen LogP contribution in [0.15, 0.2) is 42.5 Å². The van der Waals surface area contributed by atoms with Crippen molar-refractivity contribution in [2.75, 3.05) is 6.61 Å². The van der Waals surface area contributed by atoms with Crippen molar-refractivity contribution in [2.24, 2.45) is 0 Å². The van der Waals surface area contributed by atoms with Crippen LogP contribution in [-0.2, 0) is 22.2 Å². The standard InChI is InChI=1S/C18H20FNO3S/c1-13-6-7-14(10-17(13)19)12-24(21,22)20-16-9-8-15-4-2-3-5-18(15)23-11-16/h2-7,10,16,20H,8-9,11-12H2,1H3. The van der Waals surface area contributed by atoms with Crippen LogP contribution < -0.4 is 9.46 Å². The molecule has 2 aromatic carbocycles. The van der Waals surface area contributed by atoms with Gasteiger partial charge in [0.2, 0.25) is 10.0 Å². The summed E-state index contributed by atoms with van der Waals surface area (Å²) in [5, 5.41) is 0. The lowest BCUT2D eigenvalue weighted by molar-refractivity contribution is 0.284. The van der Waals surface area contributed by atoms with E-state index >= 15 is 0 Å². The van der Waals surface area contributed by atoms with Gasteiger partial charge in [-0.2, -0.15) is 0 Å². The molecule has 1 N–H and O–H groups in total. The van der Waals surface area contributed by atoms with Gasteiger partial charge in [0.05, 0.1) is 11.8 Å². The Morgan fingerprint density at radius 3 is 2.83 bits per heavy atom. The third-order valence-corrected chi connectivity index (χ3v) is 5.52. The van der Waals surface area contributed by atoms with Gasteiger partial charge in [-0.05, 0) is 48.6 Å². The number of nitrogens with one attached hydrogen (secondary N) is 1. The van der Waals surface area contributed by atoms with Crippen molar-refractivity contribution in [1.82, 2.24) is 4.72 Å². The topological polar surface area (TPSA) is 55.4 Å². The summed E-state index contributed by atoms with van der Waals surface area (Å²) in [6, 6.07) is 11.9. The molecule has 4 nitrogen and oxygen atoms in total.